The first-order valence-electron chi connectivity index (χ1n) is 18.0. The number of aliphatic hydroxyl groups is 4. The van der Waals surface area contributed by atoms with Gasteiger partial charge in [0, 0.05) is 12.8 Å². The van der Waals surface area contributed by atoms with Gasteiger partial charge in [-0.25, -0.2) is 0 Å². The molecule has 47 heavy (non-hydrogen) atoms. The highest BCUT2D eigenvalue weighted by Gasteiger charge is 2.82. The number of carbonyl (C=O) groups excluding carboxylic acids is 1. The average molecular weight is 664 g/mol. The molecule has 0 radical (unpaired) electrons. The molecule has 5 saturated carbocycles. The van der Waals surface area contributed by atoms with Crippen molar-refractivity contribution < 1.29 is 49.4 Å². The topological polar surface area (TPSA) is 168 Å². The van der Waals surface area contributed by atoms with Crippen molar-refractivity contribution in [1.82, 2.24) is 0 Å². The van der Waals surface area contributed by atoms with E-state index in [-0.39, 0.29) is 52.1 Å². The molecule has 2 saturated heterocycles. The first kappa shape index (κ1) is 34.1. The Bertz CT molecular complexity index is 1280. The summed E-state index contributed by atoms with van der Waals surface area (Å²) >= 11 is 0. The van der Waals surface area contributed by atoms with Gasteiger partial charge in [-0.05, 0) is 111 Å². The van der Waals surface area contributed by atoms with E-state index in [2.05, 4.69) is 32.9 Å². The minimum atomic E-state index is -1.30. The summed E-state index contributed by atoms with van der Waals surface area (Å²) in [5.41, 5.74) is -0.519. The normalized spacial score (nSPS) is 53.1. The van der Waals surface area contributed by atoms with Gasteiger partial charge in [0.2, 0.25) is 0 Å². The lowest BCUT2D eigenvalue weighted by molar-refractivity contribution is -0.302. The molecule has 2 aliphatic heterocycles. The van der Waals surface area contributed by atoms with E-state index >= 15 is 0 Å². The minimum Gasteiger partial charge on any atom is -0.457 e. The highest BCUT2D eigenvalue weighted by molar-refractivity contribution is 5.95. The third kappa shape index (κ3) is 4.76. The third-order valence-corrected chi connectivity index (χ3v) is 14.9. The van der Waals surface area contributed by atoms with Gasteiger partial charge in [0.25, 0.3) is 0 Å². The van der Waals surface area contributed by atoms with Gasteiger partial charge in [0.1, 0.15) is 24.4 Å². The molecule has 11 heteroatoms. The van der Waals surface area contributed by atoms with Crippen LogP contribution in [-0.2, 0) is 23.7 Å². The number of fused-ring (bicyclic) bond motifs is 4. The van der Waals surface area contributed by atoms with Crippen LogP contribution in [-0.4, -0.2) is 98.5 Å². The highest BCUT2D eigenvalue weighted by atomic mass is 16.7. The third-order valence-electron chi connectivity index (χ3n) is 14.9. The molecular weight excluding hydrogens is 606 g/mol. The standard InChI is InChI=1S/C36H57NO10/c1-17-14-21(30(33(5,6)42)45-18(2)38)46-29-24(17)34(7)12-13-35-16-36(35)11-10-23(47-31-28(41)27(40)20(39)15-44-31)32(3,4)22(36)9-8-19(35)25(34)26(29)37-43/h17,19-25,27-31,39-43H,8-16H2,1-7H3/b37-26+/t17-,19?,20-,21-,22?,23+,24+,25-,27+,28-,29+,30+,31?,34-,35+,36-/m1/s1. The van der Waals surface area contributed by atoms with Crippen molar-refractivity contribution in [2.75, 3.05) is 6.61 Å². The number of esters is 1. The number of hydrogen-bond donors (Lipinski definition) is 5. The fourth-order valence-electron chi connectivity index (χ4n) is 13.0. The van der Waals surface area contributed by atoms with Gasteiger partial charge in [-0.2, -0.15) is 0 Å². The van der Waals surface area contributed by atoms with E-state index in [1.807, 2.05) is 0 Å². The second-order valence-electron chi connectivity index (χ2n) is 18.0. The van der Waals surface area contributed by atoms with Gasteiger partial charge < -0.3 is 44.6 Å². The quantitative estimate of drug-likeness (QED) is 0.127. The molecule has 7 aliphatic rings. The van der Waals surface area contributed by atoms with E-state index in [1.54, 1.807) is 13.8 Å². The summed E-state index contributed by atoms with van der Waals surface area (Å²) in [5.74, 6) is 0.791. The number of aliphatic hydroxyl groups excluding tert-OH is 3. The number of ether oxygens (including phenoxy) is 4. The predicted molar refractivity (Wildman–Crippen MR) is 169 cm³/mol. The molecule has 0 bridgehead atoms. The van der Waals surface area contributed by atoms with Crippen LogP contribution in [0.15, 0.2) is 5.16 Å². The van der Waals surface area contributed by atoms with Crippen molar-refractivity contribution in [1.29, 1.82) is 0 Å². The summed E-state index contributed by atoms with van der Waals surface area (Å²) in [6.45, 7) is 13.8. The number of hydrogen-bond acceptors (Lipinski definition) is 11. The molecular formula is C36H57NO10. The Kier molecular flexibility index (Phi) is 8.04. The molecule has 7 fully saturated rings. The number of oxime groups is 1. The second-order valence-corrected chi connectivity index (χ2v) is 18.0. The lowest BCUT2D eigenvalue weighted by atomic mass is 9.46. The summed E-state index contributed by atoms with van der Waals surface area (Å²) in [6.07, 6.45) is 1.26. The van der Waals surface area contributed by atoms with Crippen molar-refractivity contribution in [2.45, 2.75) is 154 Å². The van der Waals surface area contributed by atoms with Crippen LogP contribution in [0, 0.1) is 51.2 Å². The van der Waals surface area contributed by atoms with Crippen molar-refractivity contribution in [2.24, 2.45) is 56.4 Å². The molecule has 2 spiro atoms. The number of rotatable bonds is 5. The molecule has 11 nitrogen and oxygen atoms in total. The Morgan fingerprint density at radius 1 is 1.04 bits per heavy atom. The Labute approximate surface area is 278 Å². The van der Waals surface area contributed by atoms with Crippen molar-refractivity contribution in [3.63, 3.8) is 0 Å². The zero-order valence-electron chi connectivity index (χ0n) is 29.1. The Balaban J connectivity index is 1.14. The number of carbonyl (C=O) groups is 1. The lowest BCUT2D eigenvalue weighted by Gasteiger charge is -2.60. The summed E-state index contributed by atoms with van der Waals surface area (Å²) in [5, 5.41) is 56.5. The largest absolute Gasteiger partial charge is 0.457 e. The van der Waals surface area contributed by atoms with Gasteiger partial charge in [-0.15, -0.1) is 0 Å². The monoisotopic (exact) mass is 663 g/mol. The maximum Gasteiger partial charge on any atom is 0.303 e. The van der Waals surface area contributed by atoms with Gasteiger partial charge in [-0.3, -0.25) is 4.79 Å². The van der Waals surface area contributed by atoms with Crippen LogP contribution in [0.25, 0.3) is 0 Å². The summed E-state index contributed by atoms with van der Waals surface area (Å²) in [6, 6.07) is 0. The highest BCUT2D eigenvalue weighted by Crippen LogP contribution is 2.87. The second kappa shape index (κ2) is 11.1. The Hall–Kier alpha value is -1.34. The van der Waals surface area contributed by atoms with Gasteiger partial charge >= 0.3 is 5.97 Å². The molecule has 0 aromatic rings. The van der Waals surface area contributed by atoms with Crippen LogP contribution < -0.4 is 0 Å². The predicted octanol–water partition coefficient (Wildman–Crippen LogP) is 3.41. The molecule has 2 heterocycles. The van der Waals surface area contributed by atoms with E-state index in [0.717, 1.165) is 50.7 Å². The smallest absolute Gasteiger partial charge is 0.303 e. The molecule has 7 rings (SSSR count). The van der Waals surface area contributed by atoms with Crippen LogP contribution in [0.3, 0.4) is 0 Å². The van der Waals surface area contributed by atoms with Gasteiger partial charge in [0.05, 0.1) is 30.1 Å². The molecule has 0 aromatic heterocycles. The fraction of sp³-hybridized carbons (Fsp3) is 0.944. The average Bonchev–Trinajstić information content (AvgIpc) is 3.58. The Morgan fingerprint density at radius 3 is 2.43 bits per heavy atom. The maximum absolute atomic E-state index is 12.0. The van der Waals surface area contributed by atoms with E-state index in [4.69, 9.17) is 18.9 Å². The summed E-state index contributed by atoms with van der Waals surface area (Å²) in [7, 11) is 0. The molecule has 5 aliphatic carbocycles. The SMILES string of the molecule is CC(=O)O[C@@H]([C@H]1C[C@@H](C)[C@H]2[C@H](O1)/C(=N/O)[C@H]1C3CCC4C(C)(C)[C@@H](OC5OC[C@@H](O)[C@H](O)[C@H]5O)CC[C@@]45C[C@@]35CC[C@]21C)C(C)(C)O. The van der Waals surface area contributed by atoms with Gasteiger partial charge in [0.15, 0.2) is 12.4 Å². The molecule has 16 atom stereocenters. The number of nitrogens with zero attached hydrogens (tertiary/aromatic N) is 1. The van der Waals surface area contributed by atoms with E-state index in [1.165, 1.54) is 6.92 Å². The van der Waals surface area contributed by atoms with Gasteiger partial charge in [-0.1, -0.05) is 32.9 Å². The summed E-state index contributed by atoms with van der Waals surface area (Å²) < 4.78 is 24.5. The molecule has 5 N–H and O–H groups in total. The van der Waals surface area contributed by atoms with E-state index < -0.39 is 54.5 Å². The molecule has 0 aromatic carbocycles. The van der Waals surface area contributed by atoms with Crippen LogP contribution >= 0.6 is 0 Å². The molecule has 266 valence electrons. The lowest BCUT2D eigenvalue weighted by Crippen LogP contribution is -2.58. The van der Waals surface area contributed by atoms with Crippen LogP contribution in [0.4, 0.5) is 0 Å². The first-order valence-corrected chi connectivity index (χ1v) is 18.0. The first-order chi connectivity index (χ1) is 21.9. The van der Waals surface area contributed by atoms with E-state index in [9.17, 15) is 30.4 Å². The fourth-order valence-corrected chi connectivity index (χ4v) is 13.0. The van der Waals surface area contributed by atoms with Crippen molar-refractivity contribution in [3.8, 4) is 0 Å². The molecule has 0 amide bonds. The van der Waals surface area contributed by atoms with Crippen LogP contribution in [0.1, 0.15) is 99.8 Å². The summed E-state index contributed by atoms with van der Waals surface area (Å²) in [4.78, 5) is 12.0. The minimum absolute atomic E-state index is 0.0731. The zero-order chi connectivity index (χ0) is 34.1. The Morgan fingerprint density at radius 2 is 1.77 bits per heavy atom. The van der Waals surface area contributed by atoms with Crippen LogP contribution in [0.2, 0.25) is 0 Å². The molecule has 3 unspecified atom stereocenters. The zero-order valence-corrected chi connectivity index (χ0v) is 29.1. The maximum atomic E-state index is 12.0. The van der Waals surface area contributed by atoms with Crippen LogP contribution in [0.5, 0.6) is 0 Å². The van der Waals surface area contributed by atoms with Crippen molar-refractivity contribution >= 4 is 11.7 Å². The van der Waals surface area contributed by atoms with Crippen molar-refractivity contribution in [3.05, 3.63) is 0 Å². The van der Waals surface area contributed by atoms with E-state index in [0.29, 0.717) is 18.3 Å².